The topological polar surface area (TPSA) is 88.3 Å². The molecule has 33 heavy (non-hydrogen) atoms. The first-order valence-electron chi connectivity index (χ1n) is 9.98. The van der Waals surface area contributed by atoms with Gasteiger partial charge in [-0.05, 0) is 73.2 Å². The highest BCUT2D eigenvalue weighted by Crippen LogP contribution is 2.40. The minimum atomic E-state index is -0.632. The van der Waals surface area contributed by atoms with Gasteiger partial charge in [0, 0.05) is 27.9 Å². The third-order valence-electron chi connectivity index (χ3n) is 4.96. The summed E-state index contributed by atoms with van der Waals surface area (Å²) in [5.74, 6) is -0.534. The number of anilines is 2. The van der Waals surface area contributed by atoms with E-state index in [1.807, 2.05) is 0 Å². The van der Waals surface area contributed by atoms with Crippen LogP contribution in [0.2, 0.25) is 10.0 Å². The van der Waals surface area contributed by atoms with E-state index in [9.17, 15) is 14.9 Å². The Morgan fingerprint density at radius 1 is 0.970 bits per heavy atom. The molecule has 1 atom stereocenters. The lowest BCUT2D eigenvalue weighted by Gasteiger charge is -2.32. The van der Waals surface area contributed by atoms with E-state index in [-0.39, 0.29) is 18.1 Å². The molecule has 0 amide bonds. The van der Waals surface area contributed by atoms with Gasteiger partial charge in [-0.1, -0.05) is 23.2 Å². The SMILES string of the molecule is CCOC(=O)C1=NN(c2ccc(Cl)cc2)C(c2ccc([N+](=O)[O-])cc2)N1c1ccc(Cl)cc1. The largest absolute Gasteiger partial charge is 0.460 e. The average Bonchev–Trinajstić information content (AvgIpc) is 3.21. The zero-order chi connectivity index (χ0) is 23.5. The summed E-state index contributed by atoms with van der Waals surface area (Å²) in [6.07, 6.45) is -0.632. The first-order chi connectivity index (χ1) is 15.9. The number of nitro benzene ring substituents is 1. The van der Waals surface area contributed by atoms with Crippen LogP contribution in [0.4, 0.5) is 17.1 Å². The van der Waals surface area contributed by atoms with Crippen LogP contribution in [-0.2, 0) is 9.53 Å². The van der Waals surface area contributed by atoms with Gasteiger partial charge >= 0.3 is 5.97 Å². The molecule has 0 bridgehead atoms. The van der Waals surface area contributed by atoms with E-state index in [1.165, 1.54) is 12.1 Å². The van der Waals surface area contributed by atoms with E-state index < -0.39 is 17.1 Å². The number of amidine groups is 1. The van der Waals surface area contributed by atoms with Crippen molar-refractivity contribution in [3.63, 3.8) is 0 Å². The Morgan fingerprint density at radius 3 is 2.03 bits per heavy atom. The molecule has 1 heterocycles. The summed E-state index contributed by atoms with van der Waals surface area (Å²) in [5.41, 5.74) is 1.94. The van der Waals surface area contributed by atoms with Crippen molar-refractivity contribution in [1.29, 1.82) is 0 Å². The summed E-state index contributed by atoms with van der Waals surface area (Å²) < 4.78 is 5.26. The second-order valence-corrected chi connectivity index (χ2v) is 7.91. The second-order valence-electron chi connectivity index (χ2n) is 7.03. The van der Waals surface area contributed by atoms with Gasteiger partial charge in [0.15, 0.2) is 6.17 Å². The highest BCUT2D eigenvalue weighted by atomic mass is 35.5. The lowest BCUT2D eigenvalue weighted by Crippen LogP contribution is -2.39. The zero-order valence-corrected chi connectivity index (χ0v) is 18.9. The Bertz CT molecular complexity index is 1200. The maximum Gasteiger partial charge on any atom is 0.376 e. The molecule has 3 aromatic carbocycles. The van der Waals surface area contributed by atoms with Gasteiger partial charge in [0.1, 0.15) is 0 Å². The molecule has 0 spiro atoms. The minimum absolute atomic E-state index is 0.0423. The number of rotatable bonds is 6. The number of hydrogen-bond acceptors (Lipinski definition) is 7. The molecule has 0 aliphatic carbocycles. The molecule has 8 nitrogen and oxygen atoms in total. The summed E-state index contributed by atoms with van der Waals surface area (Å²) in [6, 6.07) is 20.0. The van der Waals surface area contributed by atoms with E-state index >= 15 is 0 Å². The van der Waals surface area contributed by atoms with Crippen molar-refractivity contribution in [2.45, 2.75) is 13.1 Å². The fourth-order valence-corrected chi connectivity index (χ4v) is 3.73. The highest BCUT2D eigenvalue weighted by Gasteiger charge is 2.41. The van der Waals surface area contributed by atoms with Gasteiger partial charge in [0.05, 0.1) is 17.2 Å². The summed E-state index contributed by atoms with van der Waals surface area (Å²) >= 11 is 12.1. The first kappa shape index (κ1) is 22.6. The molecular formula is C23H18Cl2N4O4. The van der Waals surface area contributed by atoms with Crippen molar-refractivity contribution in [3.05, 3.63) is 98.5 Å². The molecule has 1 aliphatic rings. The number of carbonyl (C=O) groups excluding carboxylic acids is 1. The number of non-ortho nitro benzene ring substituents is 1. The smallest absolute Gasteiger partial charge is 0.376 e. The summed E-state index contributed by atoms with van der Waals surface area (Å²) in [5, 5.41) is 18.5. The van der Waals surface area contributed by atoms with Crippen LogP contribution in [0.1, 0.15) is 18.7 Å². The number of ether oxygens (including phenoxy) is 1. The number of nitro groups is 1. The number of halogens is 2. The maximum atomic E-state index is 12.9. The molecule has 4 rings (SSSR count). The van der Waals surface area contributed by atoms with E-state index in [2.05, 4.69) is 5.10 Å². The predicted molar refractivity (Wildman–Crippen MR) is 128 cm³/mol. The molecule has 0 radical (unpaired) electrons. The lowest BCUT2D eigenvalue weighted by atomic mass is 10.1. The van der Waals surface area contributed by atoms with Gasteiger partial charge in [-0.25, -0.2) is 9.80 Å². The summed E-state index contributed by atoms with van der Waals surface area (Å²) in [7, 11) is 0. The van der Waals surface area contributed by atoms with E-state index in [0.717, 1.165) is 0 Å². The Morgan fingerprint density at radius 2 is 1.52 bits per heavy atom. The van der Waals surface area contributed by atoms with Crippen LogP contribution < -0.4 is 9.91 Å². The van der Waals surface area contributed by atoms with Gasteiger partial charge in [-0.2, -0.15) is 0 Å². The number of hydrogen-bond donors (Lipinski definition) is 0. The molecular weight excluding hydrogens is 467 g/mol. The fraction of sp³-hybridized carbons (Fsp3) is 0.130. The third kappa shape index (κ3) is 4.62. The molecule has 3 aromatic rings. The fourth-order valence-electron chi connectivity index (χ4n) is 3.48. The Balaban J connectivity index is 1.88. The minimum Gasteiger partial charge on any atom is -0.460 e. The van der Waals surface area contributed by atoms with Crippen molar-refractivity contribution in [2.24, 2.45) is 5.10 Å². The molecule has 1 aliphatic heterocycles. The van der Waals surface area contributed by atoms with Crippen molar-refractivity contribution in [3.8, 4) is 0 Å². The Hall–Kier alpha value is -3.62. The molecule has 168 valence electrons. The summed E-state index contributed by atoms with van der Waals surface area (Å²) in [6.45, 7) is 1.89. The number of carbonyl (C=O) groups is 1. The van der Waals surface area contributed by atoms with E-state index in [4.69, 9.17) is 27.9 Å². The monoisotopic (exact) mass is 484 g/mol. The third-order valence-corrected chi connectivity index (χ3v) is 5.47. The molecule has 0 saturated carbocycles. The molecule has 10 heteroatoms. The molecule has 0 saturated heterocycles. The van der Waals surface area contributed by atoms with Crippen molar-refractivity contribution < 1.29 is 14.5 Å². The van der Waals surface area contributed by atoms with Gasteiger partial charge in [-0.3, -0.25) is 15.0 Å². The Labute approximate surface area is 199 Å². The highest BCUT2D eigenvalue weighted by molar-refractivity contribution is 6.42. The van der Waals surface area contributed by atoms with Gasteiger partial charge in [0.2, 0.25) is 5.84 Å². The predicted octanol–water partition coefficient (Wildman–Crippen LogP) is 5.80. The number of benzene rings is 3. The van der Waals surface area contributed by atoms with Crippen LogP contribution >= 0.6 is 23.2 Å². The quantitative estimate of drug-likeness (QED) is 0.249. The normalized spacial score (nSPS) is 15.4. The van der Waals surface area contributed by atoms with Gasteiger partial charge in [0.25, 0.3) is 5.69 Å². The second kappa shape index (κ2) is 9.48. The van der Waals surface area contributed by atoms with Crippen molar-refractivity contribution in [2.75, 3.05) is 16.5 Å². The molecule has 0 N–H and O–H groups in total. The van der Waals surface area contributed by atoms with Crippen LogP contribution in [0.25, 0.3) is 0 Å². The van der Waals surface area contributed by atoms with Crippen LogP contribution in [0, 0.1) is 10.1 Å². The maximum absolute atomic E-state index is 12.9. The van der Waals surface area contributed by atoms with Crippen LogP contribution in [-0.4, -0.2) is 23.3 Å². The van der Waals surface area contributed by atoms with Gasteiger partial charge < -0.3 is 4.74 Å². The number of nitrogens with zero attached hydrogens (tertiary/aromatic N) is 4. The van der Waals surface area contributed by atoms with Crippen LogP contribution in [0.3, 0.4) is 0 Å². The van der Waals surface area contributed by atoms with Crippen molar-refractivity contribution >= 4 is 52.1 Å². The summed E-state index contributed by atoms with van der Waals surface area (Å²) in [4.78, 5) is 25.3. The Kier molecular flexibility index (Phi) is 6.48. The zero-order valence-electron chi connectivity index (χ0n) is 17.4. The van der Waals surface area contributed by atoms with Crippen LogP contribution in [0.5, 0.6) is 0 Å². The van der Waals surface area contributed by atoms with Crippen molar-refractivity contribution in [1.82, 2.24) is 0 Å². The van der Waals surface area contributed by atoms with Crippen LogP contribution in [0.15, 0.2) is 77.9 Å². The molecule has 0 aromatic heterocycles. The molecule has 0 fully saturated rings. The van der Waals surface area contributed by atoms with Gasteiger partial charge in [-0.15, -0.1) is 5.10 Å². The lowest BCUT2D eigenvalue weighted by molar-refractivity contribution is -0.384. The number of hydrazone groups is 1. The van der Waals surface area contributed by atoms with E-state index in [0.29, 0.717) is 27.0 Å². The number of esters is 1. The first-order valence-corrected chi connectivity index (χ1v) is 10.7. The standard InChI is InChI=1S/C23H18Cl2N4O4/c1-2-33-23(30)21-26-28(19-13-7-17(25)8-14-19)22(15-3-9-20(10-4-15)29(31)32)27(21)18-11-5-16(24)6-12-18/h3-14,22H,2H2,1H3. The molecule has 1 unspecified atom stereocenters. The van der Waals surface area contributed by atoms with E-state index in [1.54, 1.807) is 77.5 Å². The average molecular weight is 485 g/mol.